The molecule has 0 spiro atoms. The highest BCUT2D eigenvalue weighted by atomic mass is 16.6. The van der Waals surface area contributed by atoms with Crippen LogP contribution in [0.1, 0.15) is 51.9 Å². The van der Waals surface area contributed by atoms with Crippen molar-refractivity contribution in [1.82, 2.24) is 0 Å². The third kappa shape index (κ3) is 6.73. The Labute approximate surface area is 159 Å². The normalized spacial score (nSPS) is 30.1. The predicted molar refractivity (Wildman–Crippen MR) is 101 cm³/mol. The first-order valence-electron chi connectivity index (χ1n) is 9.88. The second kappa shape index (κ2) is 13.0. The van der Waals surface area contributed by atoms with Gasteiger partial charge in [-0.05, 0) is 31.6 Å². The minimum absolute atomic E-state index is 0.00860. The summed E-state index contributed by atoms with van der Waals surface area (Å²) in [6.45, 7) is 2.01. The van der Waals surface area contributed by atoms with Gasteiger partial charge in [-0.3, -0.25) is 0 Å². The molecule has 6 nitrogen and oxygen atoms in total. The molecule has 26 heavy (non-hydrogen) atoms. The van der Waals surface area contributed by atoms with Gasteiger partial charge < -0.3 is 28.8 Å². The summed E-state index contributed by atoms with van der Waals surface area (Å²) in [5, 5.41) is 10.4. The van der Waals surface area contributed by atoms with Crippen LogP contribution in [-0.2, 0) is 23.7 Å². The Morgan fingerprint density at radius 2 is 1.42 bits per heavy atom. The van der Waals surface area contributed by atoms with Crippen LogP contribution >= 0.6 is 0 Å². The van der Waals surface area contributed by atoms with Gasteiger partial charge in [0.2, 0.25) is 0 Å². The summed E-state index contributed by atoms with van der Waals surface area (Å²) in [4.78, 5) is 0. The standard InChI is InChI=1S/C20H40O6/c1-7-15(22-2)19(21)16(23-3)11-9-8-10-14-12-17(24-4)20(26-6)18(13-14)25-5/h14-21H,7-13H2,1-6H3. The second-order valence-electron chi connectivity index (χ2n) is 7.32. The molecule has 0 aromatic heterocycles. The highest BCUT2D eigenvalue weighted by molar-refractivity contribution is 4.89. The van der Waals surface area contributed by atoms with E-state index in [1.54, 1.807) is 35.5 Å². The Bertz CT molecular complexity index is 335. The van der Waals surface area contributed by atoms with Crippen LogP contribution < -0.4 is 0 Å². The van der Waals surface area contributed by atoms with Crippen LogP contribution in [0.5, 0.6) is 0 Å². The van der Waals surface area contributed by atoms with Crippen molar-refractivity contribution in [2.45, 2.75) is 88.5 Å². The van der Waals surface area contributed by atoms with Crippen LogP contribution in [0.15, 0.2) is 0 Å². The molecule has 5 unspecified atom stereocenters. The first kappa shape index (κ1) is 23.8. The SMILES string of the molecule is CCC(OC)C(O)C(CCCCC1CC(OC)C(OC)C(OC)C1)OC. The number of unbranched alkanes of at least 4 members (excludes halogenated alkanes) is 1. The lowest BCUT2D eigenvalue weighted by molar-refractivity contribution is -0.141. The Balaban J connectivity index is 2.42. The van der Waals surface area contributed by atoms with Crippen LogP contribution in [0, 0.1) is 5.92 Å². The summed E-state index contributed by atoms with van der Waals surface area (Å²) in [7, 11) is 8.52. The van der Waals surface area contributed by atoms with Crippen molar-refractivity contribution in [2.24, 2.45) is 5.92 Å². The van der Waals surface area contributed by atoms with Crippen LogP contribution in [0.3, 0.4) is 0 Å². The molecular formula is C20H40O6. The number of aliphatic hydroxyl groups is 1. The van der Waals surface area contributed by atoms with Crippen molar-refractivity contribution in [3.8, 4) is 0 Å². The maximum Gasteiger partial charge on any atom is 0.109 e. The molecular weight excluding hydrogens is 336 g/mol. The average molecular weight is 377 g/mol. The van der Waals surface area contributed by atoms with Crippen molar-refractivity contribution in [3.05, 3.63) is 0 Å². The third-order valence-corrected chi connectivity index (χ3v) is 5.86. The van der Waals surface area contributed by atoms with E-state index in [0.717, 1.165) is 44.9 Å². The maximum absolute atomic E-state index is 10.4. The van der Waals surface area contributed by atoms with Gasteiger partial charge in [-0.25, -0.2) is 0 Å². The summed E-state index contributed by atoms with van der Waals surface area (Å²) in [6, 6.07) is 0. The number of methoxy groups -OCH3 is 5. The molecule has 1 rings (SSSR count). The van der Waals surface area contributed by atoms with E-state index in [9.17, 15) is 5.11 Å². The molecule has 0 radical (unpaired) electrons. The molecule has 156 valence electrons. The zero-order valence-electron chi connectivity index (χ0n) is 17.5. The summed E-state index contributed by atoms with van der Waals surface area (Å²) in [6.07, 6.45) is 6.14. The van der Waals surface area contributed by atoms with Crippen LogP contribution in [0.25, 0.3) is 0 Å². The zero-order chi connectivity index (χ0) is 19.5. The molecule has 1 aliphatic rings. The fourth-order valence-corrected chi connectivity index (χ4v) is 4.25. The van der Waals surface area contributed by atoms with Crippen LogP contribution in [-0.4, -0.2) is 77.3 Å². The third-order valence-electron chi connectivity index (χ3n) is 5.86. The molecule has 0 aliphatic heterocycles. The molecule has 1 saturated carbocycles. The summed E-state index contributed by atoms with van der Waals surface area (Å²) >= 11 is 0. The van der Waals surface area contributed by atoms with Crippen molar-refractivity contribution in [2.75, 3.05) is 35.5 Å². The van der Waals surface area contributed by atoms with E-state index in [1.807, 2.05) is 6.92 Å². The van der Waals surface area contributed by atoms with E-state index in [4.69, 9.17) is 23.7 Å². The minimum atomic E-state index is -0.581. The van der Waals surface area contributed by atoms with Crippen molar-refractivity contribution >= 4 is 0 Å². The molecule has 0 saturated heterocycles. The number of aliphatic hydroxyl groups excluding tert-OH is 1. The molecule has 0 aromatic carbocycles. The van der Waals surface area contributed by atoms with Gasteiger partial charge >= 0.3 is 0 Å². The Kier molecular flexibility index (Phi) is 11.9. The molecule has 0 bridgehead atoms. The fourth-order valence-electron chi connectivity index (χ4n) is 4.25. The Hall–Kier alpha value is -0.240. The smallest absolute Gasteiger partial charge is 0.109 e. The van der Waals surface area contributed by atoms with Crippen LogP contribution in [0.2, 0.25) is 0 Å². The molecule has 1 fully saturated rings. The molecule has 0 aromatic rings. The largest absolute Gasteiger partial charge is 0.388 e. The first-order valence-corrected chi connectivity index (χ1v) is 9.88. The molecule has 0 amide bonds. The van der Waals surface area contributed by atoms with Gasteiger partial charge in [-0.2, -0.15) is 0 Å². The van der Waals surface area contributed by atoms with E-state index >= 15 is 0 Å². The van der Waals surface area contributed by atoms with E-state index in [1.165, 1.54) is 0 Å². The highest BCUT2D eigenvalue weighted by Crippen LogP contribution is 2.33. The predicted octanol–water partition coefficient (Wildman–Crippen LogP) is 2.80. The number of ether oxygens (including phenoxy) is 5. The number of hydrogen-bond acceptors (Lipinski definition) is 6. The van der Waals surface area contributed by atoms with Crippen molar-refractivity contribution in [1.29, 1.82) is 0 Å². The van der Waals surface area contributed by atoms with Crippen molar-refractivity contribution in [3.63, 3.8) is 0 Å². The lowest BCUT2D eigenvalue weighted by Crippen LogP contribution is -2.47. The van der Waals surface area contributed by atoms with Gasteiger partial charge in [-0.15, -0.1) is 0 Å². The monoisotopic (exact) mass is 376 g/mol. The molecule has 0 heterocycles. The summed E-state index contributed by atoms with van der Waals surface area (Å²) in [5.41, 5.74) is 0. The molecule has 6 heteroatoms. The fraction of sp³-hybridized carbons (Fsp3) is 1.00. The van der Waals surface area contributed by atoms with Crippen molar-refractivity contribution < 1.29 is 28.8 Å². The maximum atomic E-state index is 10.4. The van der Waals surface area contributed by atoms with Gasteiger partial charge in [0.25, 0.3) is 0 Å². The zero-order valence-corrected chi connectivity index (χ0v) is 17.5. The van der Waals surface area contributed by atoms with E-state index in [-0.39, 0.29) is 30.5 Å². The first-order chi connectivity index (χ1) is 12.6. The van der Waals surface area contributed by atoms with Gasteiger partial charge in [0.15, 0.2) is 0 Å². The van der Waals surface area contributed by atoms with Gasteiger partial charge in [0, 0.05) is 35.5 Å². The Morgan fingerprint density at radius 1 is 0.846 bits per heavy atom. The topological polar surface area (TPSA) is 66.4 Å². The second-order valence-corrected chi connectivity index (χ2v) is 7.32. The van der Waals surface area contributed by atoms with E-state index < -0.39 is 6.10 Å². The van der Waals surface area contributed by atoms with E-state index in [2.05, 4.69) is 0 Å². The number of rotatable bonds is 13. The lowest BCUT2D eigenvalue weighted by atomic mass is 9.80. The average Bonchev–Trinajstić information content (AvgIpc) is 2.67. The lowest BCUT2D eigenvalue weighted by Gasteiger charge is -2.39. The van der Waals surface area contributed by atoms with Gasteiger partial charge in [0.05, 0.1) is 24.4 Å². The van der Waals surface area contributed by atoms with Crippen LogP contribution in [0.4, 0.5) is 0 Å². The Morgan fingerprint density at radius 3 is 1.85 bits per heavy atom. The minimum Gasteiger partial charge on any atom is -0.388 e. The van der Waals surface area contributed by atoms with E-state index in [0.29, 0.717) is 5.92 Å². The quantitative estimate of drug-likeness (QED) is 0.499. The van der Waals surface area contributed by atoms with Gasteiger partial charge in [-0.1, -0.05) is 26.2 Å². The molecule has 1 aliphatic carbocycles. The summed E-state index contributed by atoms with van der Waals surface area (Å²) in [5.74, 6) is 0.574. The number of hydrogen-bond donors (Lipinski definition) is 1. The summed E-state index contributed by atoms with van der Waals surface area (Å²) < 4.78 is 27.7. The highest BCUT2D eigenvalue weighted by Gasteiger charge is 2.38. The molecule has 5 atom stereocenters. The molecule has 1 N–H and O–H groups in total. The van der Waals surface area contributed by atoms with Gasteiger partial charge in [0.1, 0.15) is 12.2 Å².